The summed E-state index contributed by atoms with van der Waals surface area (Å²) in [5.41, 5.74) is 0.722. The number of Topliss-reactive ketones (excluding diaryl/α,β-unsaturated/α-hetero) is 1. The van der Waals surface area contributed by atoms with Crippen LogP contribution in [0.15, 0.2) is 23.8 Å². The first-order valence-electron chi connectivity index (χ1n) is 12.9. The summed E-state index contributed by atoms with van der Waals surface area (Å²) in [5.74, 6) is -3.54. The molecule has 3 rings (SSSR count). The van der Waals surface area contributed by atoms with E-state index in [1.807, 2.05) is 27.7 Å². The number of ether oxygens (including phenoxy) is 4. The van der Waals surface area contributed by atoms with Crippen molar-refractivity contribution in [3.63, 3.8) is 0 Å². The summed E-state index contributed by atoms with van der Waals surface area (Å²) in [6, 6.07) is 0. The molecule has 0 spiro atoms. The summed E-state index contributed by atoms with van der Waals surface area (Å²) in [7, 11) is 0. The quantitative estimate of drug-likeness (QED) is 0.153. The van der Waals surface area contributed by atoms with Crippen LogP contribution in [-0.4, -0.2) is 54.2 Å². The second-order valence-corrected chi connectivity index (χ2v) is 10.8. The Bertz CT molecular complexity index is 945. The molecule has 9 atom stereocenters. The van der Waals surface area contributed by atoms with Crippen LogP contribution in [0.3, 0.4) is 0 Å². The fraction of sp³-hybridized carbons (Fsp3) is 0.714. The molecule has 1 heterocycles. The number of hydrogen-bond donors (Lipinski definition) is 0. The van der Waals surface area contributed by atoms with Crippen molar-refractivity contribution < 1.29 is 38.1 Å². The van der Waals surface area contributed by atoms with E-state index in [1.165, 1.54) is 13.0 Å². The van der Waals surface area contributed by atoms with Crippen LogP contribution in [0.2, 0.25) is 0 Å². The van der Waals surface area contributed by atoms with Gasteiger partial charge in [-0.2, -0.15) is 0 Å². The molecular formula is C28H40O8. The van der Waals surface area contributed by atoms with E-state index in [2.05, 4.69) is 6.58 Å². The van der Waals surface area contributed by atoms with Crippen molar-refractivity contribution in [3.05, 3.63) is 23.8 Å². The first-order valence-corrected chi connectivity index (χ1v) is 12.9. The Hall–Kier alpha value is -2.48. The van der Waals surface area contributed by atoms with Crippen molar-refractivity contribution >= 4 is 23.7 Å². The molecule has 0 unspecified atom stereocenters. The van der Waals surface area contributed by atoms with Gasteiger partial charge in [0.2, 0.25) is 0 Å². The smallest absolute Gasteiger partial charge is 0.331 e. The number of carbonyl (C=O) groups excluding carboxylic acids is 4. The van der Waals surface area contributed by atoms with Crippen LogP contribution in [0.25, 0.3) is 0 Å². The Balaban J connectivity index is 2.07. The normalized spacial score (nSPS) is 35.5. The van der Waals surface area contributed by atoms with Gasteiger partial charge in [0.05, 0.1) is 24.0 Å². The maximum Gasteiger partial charge on any atom is 0.331 e. The van der Waals surface area contributed by atoms with E-state index < -0.39 is 53.7 Å². The molecule has 3 fully saturated rings. The lowest BCUT2D eigenvalue weighted by Gasteiger charge is -2.48. The van der Waals surface area contributed by atoms with E-state index in [0.29, 0.717) is 25.0 Å². The van der Waals surface area contributed by atoms with Gasteiger partial charge in [-0.1, -0.05) is 32.9 Å². The van der Waals surface area contributed by atoms with Gasteiger partial charge in [0.1, 0.15) is 18.0 Å². The summed E-state index contributed by atoms with van der Waals surface area (Å²) >= 11 is 0. The summed E-state index contributed by atoms with van der Waals surface area (Å²) in [5, 5.41) is 0. The highest BCUT2D eigenvalue weighted by atomic mass is 16.6. The predicted molar refractivity (Wildman–Crippen MR) is 132 cm³/mol. The van der Waals surface area contributed by atoms with Gasteiger partial charge in [0, 0.05) is 25.3 Å². The highest BCUT2D eigenvalue weighted by molar-refractivity contribution is 5.86. The lowest BCUT2D eigenvalue weighted by molar-refractivity contribution is -0.183. The number of fused-ring (bicyclic) bond motifs is 1. The van der Waals surface area contributed by atoms with Gasteiger partial charge >= 0.3 is 17.9 Å². The van der Waals surface area contributed by atoms with E-state index in [-0.39, 0.29) is 30.0 Å². The van der Waals surface area contributed by atoms with Crippen LogP contribution in [0.5, 0.6) is 0 Å². The van der Waals surface area contributed by atoms with Crippen molar-refractivity contribution in [1.29, 1.82) is 0 Å². The third-order valence-corrected chi connectivity index (χ3v) is 8.18. The minimum Gasteiger partial charge on any atom is -0.462 e. The molecule has 0 amide bonds. The highest BCUT2D eigenvalue weighted by Crippen LogP contribution is 2.58. The van der Waals surface area contributed by atoms with Gasteiger partial charge in [-0.05, 0) is 51.0 Å². The molecule has 0 aromatic rings. The molecule has 1 saturated heterocycles. The Labute approximate surface area is 213 Å². The number of carbonyl (C=O) groups is 4. The number of epoxide rings is 1. The van der Waals surface area contributed by atoms with E-state index in [9.17, 15) is 19.2 Å². The van der Waals surface area contributed by atoms with Crippen molar-refractivity contribution in [2.45, 2.75) is 91.6 Å². The molecule has 8 nitrogen and oxygen atoms in total. The lowest BCUT2D eigenvalue weighted by Crippen LogP contribution is -2.57. The highest BCUT2D eigenvalue weighted by Gasteiger charge is 2.67. The largest absolute Gasteiger partial charge is 0.462 e. The molecule has 0 N–H and O–H groups in total. The van der Waals surface area contributed by atoms with Crippen molar-refractivity contribution in [2.75, 3.05) is 6.61 Å². The average molecular weight is 505 g/mol. The second kappa shape index (κ2) is 10.9. The minimum absolute atomic E-state index is 0.0464. The molecule has 2 saturated carbocycles. The molecule has 36 heavy (non-hydrogen) atoms. The van der Waals surface area contributed by atoms with Crippen molar-refractivity contribution in [2.24, 2.45) is 29.6 Å². The number of allylic oxidation sites excluding steroid dienone is 1. The summed E-state index contributed by atoms with van der Waals surface area (Å²) in [6.07, 6.45) is 0.432. The Morgan fingerprint density at radius 2 is 1.83 bits per heavy atom. The van der Waals surface area contributed by atoms with Crippen LogP contribution in [0.1, 0.15) is 67.7 Å². The first-order chi connectivity index (χ1) is 16.8. The van der Waals surface area contributed by atoms with Crippen LogP contribution >= 0.6 is 0 Å². The number of esters is 3. The zero-order valence-corrected chi connectivity index (χ0v) is 22.5. The van der Waals surface area contributed by atoms with Crippen LogP contribution in [0, 0.1) is 29.6 Å². The summed E-state index contributed by atoms with van der Waals surface area (Å²) in [6.45, 7) is 17.1. The molecule has 0 radical (unpaired) electrons. The fourth-order valence-electron chi connectivity index (χ4n) is 5.76. The third kappa shape index (κ3) is 5.58. The fourth-order valence-corrected chi connectivity index (χ4v) is 5.76. The Kier molecular flexibility index (Phi) is 8.48. The zero-order valence-electron chi connectivity index (χ0n) is 22.5. The first kappa shape index (κ1) is 28.1. The van der Waals surface area contributed by atoms with Gasteiger partial charge in [0.15, 0.2) is 6.10 Å². The Morgan fingerprint density at radius 1 is 1.19 bits per heavy atom. The van der Waals surface area contributed by atoms with Gasteiger partial charge in [-0.3, -0.25) is 14.4 Å². The summed E-state index contributed by atoms with van der Waals surface area (Å²) in [4.78, 5) is 50.9. The minimum atomic E-state index is -0.922. The van der Waals surface area contributed by atoms with Gasteiger partial charge in [-0.25, -0.2) is 4.79 Å². The van der Waals surface area contributed by atoms with Gasteiger partial charge < -0.3 is 18.9 Å². The molecule has 1 aliphatic heterocycles. The zero-order chi connectivity index (χ0) is 26.9. The molecular weight excluding hydrogens is 464 g/mol. The molecule has 0 aromatic carbocycles. The molecule has 200 valence electrons. The van der Waals surface area contributed by atoms with E-state index in [1.54, 1.807) is 13.8 Å². The molecule has 0 bridgehead atoms. The lowest BCUT2D eigenvalue weighted by atomic mass is 9.61. The number of rotatable bonds is 9. The van der Waals surface area contributed by atoms with Crippen molar-refractivity contribution in [1.82, 2.24) is 0 Å². The van der Waals surface area contributed by atoms with E-state index in [4.69, 9.17) is 18.9 Å². The topological polar surface area (TPSA) is 109 Å². The average Bonchev–Trinajstić information content (AvgIpc) is 3.45. The van der Waals surface area contributed by atoms with Gasteiger partial charge in [-0.15, -0.1) is 0 Å². The third-order valence-electron chi connectivity index (χ3n) is 8.18. The molecule has 8 heteroatoms. The summed E-state index contributed by atoms with van der Waals surface area (Å²) < 4.78 is 23.3. The van der Waals surface area contributed by atoms with Gasteiger partial charge in [0.25, 0.3) is 0 Å². The maximum absolute atomic E-state index is 13.3. The molecule has 0 aromatic heterocycles. The number of hydrogen-bond acceptors (Lipinski definition) is 8. The van der Waals surface area contributed by atoms with E-state index in [0.717, 1.165) is 5.57 Å². The maximum atomic E-state index is 13.3. The van der Waals surface area contributed by atoms with Crippen LogP contribution in [0.4, 0.5) is 0 Å². The second-order valence-electron chi connectivity index (χ2n) is 10.8. The Morgan fingerprint density at radius 3 is 2.36 bits per heavy atom. The van der Waals surface area contributed by atoms with E-state index >= 15 is 0 Å². The molecule has 2 aliphatic carbocycles. The number of ketones is 1. The van der Waals surface area contributed by atoms with Crippen LogP contribution < -0.4 is 0 Å². The predicted octanol–water partition coefficient (Wildman–Crippen LogP) is 3.96. The van der Waals surface area contributed by atoms with Crippen LogP contribution in [-0.2, 0) is 38.1 Å². The SMILES string of the molecule is C=C1[C@@H]2CC(=O)[C@@H]([C@@H](C)OC(C)=O)[C@H]2[C@H]([C@@]2(C)CO2)[C@@H](OC(=O)[C@H](C)CC)[C@H]1OC(=O)/C=C(\C)CC. The molecule has 3 aliphatic rings. The standard InChI is InChI=1S/C28H40O8/c1-9-14(3)11-21(31)35-25-16(5)19-12-20(30)22(17(6)34-18(7)29)23(19)24(28(8)13-33-28)26(25)36-27(32)15(4)10-2/h11,15,17,19,22-26H,5,9-10,12-13H2,1-4,6-8H3/b14-11+/t15-,17-,19+,22-,23+,24+,25+,26-,28-/m1/s1. The monoisotopic (exact) mass is 504 g/mol. The van der Waals surface area contributed by atoms with Crippen molar-refractivity contribution in [3.8, 4) is 0 Å².